The molecule has 2 aliphatic carbocycles. The smallest absolute Gasteiger partial charge is 0.223 e. The van der Waals surface area contributed by atoms with Crippen molar-refractivity contribution < 1.29 is 0 Å². The Morgan fingerprint density at radius 1 is 1.03 bits per heavy atom. The number of benzene rings is 1. The van der Waals surface area contributed by atoms with Crippen LogP contribution in [0.4, 0.5) is 5.95 Å². The molecule has 164 valence electrons. The van der Waals surface area contributed by atoms with E-state index in [4.69, 9.17) is 16.6 Å². The summed E-state index contributed by atoms with van der Waals surface area (Å²) in [6.45, 7) is 0.989. The molecule has 0 radical (unpaired) electrons. The van der Waals surface area contributed by atoms with Gasteiger partial charge in [0.05, 0.1) is 10.9 Å². The summed E-state index contributed by atoms with van der Waals surface area (Å²) in [7, 11) is 0. The number of nitrogens with one attached hydrogen (secondary N) is 1. The van der Waals surface area contributed by atoms with Gasteiger partial charge in [0.2, 0.25) is 5.95 Å². The molecule has 1 aromatic carbocycles. The third-order valence-electron chi connectivity index (χ3n) is 7.10. The topological polar surface area (TPSA) is 68.5 Å². The number of hydrogen-bond donors (Lipinski definition) is 1. The zero-order valence-corrected chi connectivity index (χ0v) is 18.8. The average Bonchev–Trinajstić information content (AvgIpc) is 3.34. The van der Waals surface area contributed by atoms with Crippen molar-refractivity contribution in [2.24, 2.45) is 11.8 Å². The summed E-state index contributed by atoms with van der Waals surface area (Å²) in [6.07, 6.45) is 14.2. The molecule has 0 bridgehead atoms. The Morgan fingerprint density at radius 3 is 2.84 bits per heavy atom. The Bertz CT molecular complexity index is 1260. The van der Waals surface area contributed by atoms with Gasteiger partial charge in [0.15, 0.2) is 0 Å². The van der Waals surface area contributed by atoms with Gasteiger partial charge in [-0.3, -0.25) is 0 Å². The molecule has 4 aromatic rings. The van der Waals surface area contributed by atoms with Crippen LogP contribution in [0.1, 0.15) is 50.1 Å². The molecule has 0 spiro atoms. The lowest BCUT2D eigenvalue weighted by atomic mass is 9.97. The predicted molar refractivity (Wildman–Crippen MR) is 128 cm³/mol. The van der Waals surface area contributed by atoms with E-state index in [0.717, 1.165) is 52.7 Å². The maximum absolute atomic E-state index is 6.23. The van der Waals surface area contributed by atoms with Crippen LogP contribution >= 0.6 is 11.6 Å². The minimum absolute atomic E-state index is 0.493. The van der Waals surface area contributed by atoms with Crippen molar-refractivity contribution >= 4 is 39.5 Å². The molecule has 3 heterocycles. The van der Waals surface area contributed by atoms with E-state index in [-0.39, 0.29) is 0 Å². The Morgan fingerprint density at radius 2 is 1.94 bits per heavy atom. The fourth-order valence-electron chi connectivity index (χ4n) is 5.04. The third-order valence-corrected chi connectivity index (χ3v) is 7.40. The van der Waals surface area contributed by atoms with Gasteiger partial charge in [0.1, 0.15) is 17.1 Å². The number of aromatic nitrogens is 5. The predicted octanol–water partition coefficient (Wildman–Crippen LogP) is 5.82. The highest BCUT2D eigenvalue weighted by Gasteiger charge is 2.27. The van der Waals surface area contributed by atoms with E-state index >= 15 is 0 Å². The van der Waals surface area contributed by atoms with Gasteiger partial charge in [-0.05, 0) is 74.5 Å². The van der Waals surface area contributed by atoms with Crippen molar-refractivity contribution in [3.63, 3.8) is 0 Å². The highest BCUT2D eigenvalue weighted by atomic mass is 35.5. The molecule has 6 nitrogen and oxygen atoms in total. The number of aryl methyl sites for hydroxylation is 1. The first-order valence-electron chi connectivity index (χ1n) is 11.7. The van der Waals surface area contributed by atoms with Crippen LogP contribution in [0, 0.1) is 11.8 Å². The molecule has 7 heteroatoms. The van der Waals surface area contributed by atoms with Crippen LogP contribution in [0.5, 0.6) is 0 Å². The van der Waals surface area contributed by atoms with Gasteiger partial charge in [-0.15, -0.1) is 0 Å². The van der Waals surface area contributed by atoms with Crippen LogP contribution in [-0.2, 0) is 6.42 Å². The van der Waals surface area contributed by atoms with Gasteiger partial charge in [-0.25, -0.2) is 19.9 Å². The molecule has 6 rings (SSSR count). The molecular formula is C25H27ClN6. The van der Waals surface area contributed by atoms with Crippen molar-refractivity contribution in [2.75, 3.05) is 11.9 Å². The van der Waals surface area contributed by atoms with Gasteiger partial charge in [0.25, 0.3) is 0 Å². The minimum Gasteiger partial charge on any atom is -0.354 e. The van der Waals surface area contributed by atoms with Gasteiger partial charge in [-0.2, -0.15) is 0 Å². The monoisotopic (exact) mass is 446 g/mol. The lowest BCUT2D eigenvalue weighted by Gasteiger charge is -2.14. The van der Waals surface area contributed by atoms with Gasteiger partial charge < -0.3 is 9.88 Å². The third kappa shape index (κ3) is 4.04. The van der Waals surface area contributed by atoms with Gasteiger partial charge in [-0.1, -0.05) is 23.7 Å². The highest BCUT2D eigenvalue weighted by Crippen LogP contribution is 2.39. The first-order valence-corrected chi connectivity index (χ1v) is 12.1. The molecule has 2 saturated carbocycles. The number of anilines is 1. The summed E-state index contributed by atoms with van der Waals surface area (Å²) >= 11 is 6.23. The molecule has 0 amide bonds. The molecule has 0 saturated heterocycles. The van der Waals surface area contributed by atoms with E-state index in [1.54, 1.807) is 6.33 Å². The number of fused-ring (bicyclic) bond motifs is 2. The van der Waals surface area contributed by atoms with E-state index in [0.29, 0.717) is 11.2 Å². The van der Waals surface area contributed by atoms with Crippen molar-refractivity contribution in [3.8, 4) is 0 Å². The molecular weight excluding hydrogens is 420 g/mol. The van der Waals surface area contributed by atoms with Crippen LogP contribution < -0.4 is 5.32 Å². The van der Waals surface area contributed by atoms with Crippen LogP contribution in [0.2, 0.25) is 5.15 Å². The Kier molecular flexibility index (Phi) is 5.18. The maximum atomic E-state index is 6.23. The number of halogens is 1. The van der Waals surface area contributed by atoms with E-state index in [9.17, 15) is 0 Å². The summed E-state index contributed by atoms with van der Waals surface area (Å²) in [5, 5.41) is 5.97. The second-order valence-electron chi connectivity index (χ2n) is 9.41. The molecule has 2 fully saturated rings. The van der Waals surface area contributed by atoms with Crippen molar-refractivity contribution in [3.05, 3.63) is 53.7 Å². The summed E-state index contributed by atoms with van der Waals surface area (Å²) in [6, 6.07) is 9.16. The normalized spacial score (nSPS) is 20.9. The van der Waals surface area contributed by atoms with Crippen LogP contribution in [0.3, 0.4) is 0 Å². The second kappa shape index (κ2) is 8.32. The Balaban J connectivity index is 1.10. The average molecular weight is 447 g/mol. The first-order chi connectivity index (χ1) is 15.7. The van der Waals surface area contributed by atoms with Crippen molar-refractivity contribution in [2.45, 2.75) is 51.0 Å². The van der Waals surface area contributed by atoms with E-state index in [1.165, 1.54) is 44.1 Å². The molecule has 3 aromatic heterocycles. The van der Waals surface area contributed by atoms with E-state index < -0.39 is 0 Å². The quantitative estimate of drug-likeness (QED) is 0.362. The second-order valence-corrected chi connectivity index (χ2v) is 9.77. The SMILES string of the molecule is Clc1ncnc2c1ccn2C1CCC(CCc2ccc3cnc(NCC4CC4)nc3c2)C1. The molecule has 1 N–H and O–H groups in total. The first kappa shape index (κ1) is 19.9. The summed E-state index contributed by atoms with van der Waals surface area (Å²) in [4.78, 5) is 17.8. The molecule has 2 aliphatic rings. The molecule has 2 atom stereocenters. The van der Waals surface area contributed by atoms with E-state index in [1.807, 2.05) is 12.3 Å². The Labute approximate surface area is 192 Å². The number of nitrogens with zero attached hydrogens (tertiary/aromatic N) is 5. The highest BCUT2D eigenvalue weighted by molar-refractivity contribution is 6.33. The van der Waals surface area contributed by atoms with E-state index in [2.05, 4.69) is 49.2 Å². The largest absolute Gasteiger partial charge is 0.354 e. The molecule has 2 unspecified atom stereocenters. The zero-order valence-electron chi connectivity index (χ0n) is 18.0. The van der Waals surface area contributed by atoms with Crippen LogP contribution in [0.25, 0.3) is 21.9 Å². The van der Waals surface area contributed by atoms with Gasteiger partial charge >= 0.3 is 0 Å². The molecule has 0 aliphatic heterocycles. The molecule has 32 heavy (non-hydrogen) atoms. The lowest BCUT2D eigenvalue weighted by Crippen LogP contribution is -2.07. The van der Waals surface area contributed by atoms with Gasteiger partial charge in [0, 0.05) is 30.4 Å². The lowest BCUT2D eigenvalue weighted by molar-refractivity contribution is 0.461. The minimum atomic E-state index is 0.493. The maximum Gasteiger partial charge on any atom is 0.223 e. The summed E-state index contributed by atoms with van der Waals surface area (Å²) in [5.74, 6) is 2.29. The fraction of sp³-hybridized carbons (Fsp3) is 0.440. The number of hydrogen-bond acceptors (Lipinski definition) is 5. The zero-order chi connectivity index (χ0) is 21.5. The standard InChI is InChI=1S/C25H27ClN6/c26-23-21-9-10-32(24(21)30-15-29-23)20-8-6-16(11-20)1-2-17-5-7-19-14-28-25(31-22(19)12-17)27-13-18-3-4-18/h5,7,9-10,12,14-16,18,20H,1-4,6,8,11,13H2,(H,27,28,31). The van der Waals surface area contributed by atoms with Crippen molar-refractivity contribution in [1.82, 2.24) is 24.5 Å². The van der Waals surface area contributed by atoms with Crippen LogP contribution in [-0.4, -0.2) is 31.0 Å². The van der Waals surface area contributed by atoms with Crippen LogP contribution in [0.15, 0.2) is 43.0 Å². The van der Waals surface area contributed by atoms with Crippen molar-refractivity contribution in [1.29, 1.82) is 0 Å². The fourth-order valence-corrected chi connectivity index (χ4v) is 5.23. The Hall–Kier alpha value is -2.73. The summed E-state index contributed by atoms with van der Waals surface area (Å²) in [5.41, 5.74) is 3.35. The number of rotatable bonds is 7. The summed E-state index contributed by atoms with van der Waals surface area (Å²) < 4.78 is 2.30.